The van der Waals surface area contributed by atoms with Crippen molar-refractivity contribution in [3.8, 4) is 0 Å². The first-order valence-electron chi connectivity index (χ1n) is 6.60. The van der Waals surface area contributed by atoms with E-state index in [0.717, 1.165) is 34.5 Å². The standard InChI is InChI=1S/C15H17BrN4S/c1-11-7-15(19-9-13(11)16)20(6-4-14(17)21)10-12-3-2-5-18-8-12/h2-3,5,7-9H,4,6,10H2,1H3,(H2,17,21). The highest BCUT2D eigenvalue weighted by atomic mass is 79.9. The minimum absolute atomic E-state index is 0.514. The van der Waals surface area contributed by atoms with Gasteiger partial charge in [-0.1, -0.05) is 18.3 Å². The molecule has 0 saturated heterocycles. The molecule has 0 aliphatic carbocycles. The molecule has 0 amide bonds. The second kappa shape index (κ2) is 7.47. The van der Waals surface area contributed by atoms with Gasteiger partial charge in [-0.15, -0.1) is 0 Å². The number of aromatic nitrogens is 2. The number of hydrogen-bond donors (Lipinski definition) is 1. The van der Waals surface area contributed by atoms with Crippen LogP contribution in [0.3, 0.4) is 0 Å². The zero-order chi connectivity index (χ0) is 15.2. The van der Waals surface area contributed by atoms with Crippen molar-refractivity contribution < 1.29 is 0 Å². The van der Waals surface area contributed by atoms with Crippen LogP contribution in [0.15, 0.2) is 41.3 Å². The fourth-order valence-electron chi connectivity index (χ4n) is 1.93. The van der Waals surface area contributed by atoms with Gasteiger partial charge in [0.15, 0.2) is 0 Å². The van der Waals surface area contributed by atoms with Gasteiger partial charge in [-0.2, -0.15) is 0 Å². The molecule has 0 aliphatic heterocycles. The Morgan fingerprint density at radius 1 is 1.43 bits per heavy atom. The molecule has 110 valence electrons. The van der Waals surface area contributed by atoms with Crippen LogP contribution in [0.2, 0.25) is 0 Å². The summed E-state index contributed by atoms with van der Waals surface area (Å²) in [4.78, 5) is 11.3. The molecule has 21 heavy (non-hydrogen) atoms. The summed E-state index contributed by atoms with van der Waals surface area (Å²) in [5.41, 5.74) is 7.90. The van der Waals surface area contributed by atoms with Crippen LogP contribution in [0.1, 0.15) is 17.5 Å². The number of halogens is 1. The Bertz CT molecular complexity index is 618. The Morgan fingerprint density at radius 3 is 2.86 bits per heavy atom. The summed E-state index contributed by atoms with van der Waals surface area (Å²) in [5, 5.41) is 0. The van der Waals surface area contributed by atoms with Crippen LogP contribution >= 0.6 is 28.1 Å². The van der Waals surface area contributed by atoms with Crippen LogP contribution in [0, 0.1) is 6.92 Å². The number of thiocarbonyl (C=S) groups is 1. The molecule has 4 nitrogen and oxygen atoms in total. The van der Waals surface area contributed by atoms with Crippen molar-refractivity contribution in [1.82, 2.24) is 9.97 Å². The van der Waals surface area contributed by atoms with Gasteiger partial charge in [-0.3, -0.25) is 4.98 Å². The summed E-state index contributed by atoms with van der Waals surface area (Å²) in [6.45, 7) is 3.51. The number of pyridine rings is 2. The van der Waals surface area contributed by atoms with E-state index in [1.807, 2.05) is 31.5 Å². The molecule has 0 radical (unpaired) electrons. The normalized spacial score (nSPS) is 10.4. The highest BCUT2D eigenvalue weighted by Gasteiger charge is 2.11. The van der Waals surface area contributed by atoms with Crippen LogP contribution < -0.4 is 10.6 Å². The van der Waals surface area contributed by atoms with Gasteiger partial charge in [0, 0.05) is 42.6 Å². The Balaban J connectivity index is 2.22. The number of nitrogens with zero attached hydrogens (tertiary/aromatic N) is 3. The smallest absolute Gasteiger partial charge is 0.129 e. The first kappa shape index (κ1) is 15.9. The third-order valence-corrected chi connectivity index (χ3v) is 4.12. The summed E-state index contributed by atoms with van der Waals surface area (Å²) in [6.07, 6.45) is 6.11. The third-order valence-electron chi connectivity index (χ3n) is 3.08. The van der Waals surface area contributed by atoms with E-state index in [2.05, 4.69) is 36.9 Å². The van der Waals surface area contributed by atoms with Crippen molar-refractivity contribution in [2.75, 3.05) is 11.4 Å². The van der Waals surface area contributed by atoms with Crippen molar-refractivity contribution in [2.45, 2.75) is 19.9 Å². The predicted molar refractivity (Wildman–Crippen MR) is 93.4 cm³/mol. The average Bonchev–Trinajstić information content (AvgIpc) is 2.47. The van der Waals surface area contributed by atoms with E-state index < -0.39 is 0 Å². The first-order valence-corrected chi connectivity index (χ1v) is 7.80. The van der Waals surface area contributed by atoms with Crippen molar-refractivity contribution in [2.24, 2.45) is 5.73 Å². The molecule has 0 unspecified atom stereocenters. The molecule has 0 bridgehead atoms. The van der Waals surface area contributed by atoms with Crippen LogP contribution in [0.4, 0.5) is 5.82 Å². The molecule has 0 aromatic carbocycles. The van der Waals surface area contributed by atoms with Crippen LogP contribution in [-0.2, 0) is 6.54 Å². The largest absolute Gasteiger partial charge is 0.393 e. The highest BCUT2D eigenvalue weighted by molar-refractivity contribution is 9.10. The lowest BCUT2D eigenvalue weighted by atomic mass is 10.2. The minimum atomic E-state index is 0.514. The Morgan fingerprint density at radius 2 is 2.24 bits per heavy atom. The molecular weight excluding hydrogens is 348 g/mol. The maximum absolute atomic E-state index is 5.63. The minimum Gasteiger partial charge on any atom is -0.393 e. The Labute approximate surface area is 138 Å². The SMILES string of the molecule is Cc1cc(N(CCC(N)=S)Cc2cccnc2)ncc1Br. The molecule has 2 aromatic rings. The van der Waals surface area contributed by atoms with E-state index in [-0.39, 0.29) is 0 Å². The van der Waals surface area contributed by atoms with E-state index in [4.69, 9.17) is 18.0 Å². The fourth-order valence-corrected chi connectivity index (χ4v) is 2.24. The van der Waals surface area contributed by atoms with Gasteiger partial charge in [0.05, 0.1) is 4.99 Å². The maximum Gasteiger partial charge on any atom is 0.129 e. The highest BCUT2D eigenvalue weighted by Crippen LogP contribution is 2.21. The quantitative estimate of drug-likeness (QED) is 0.797. The molecule has 2 heterocycles. The number of hydrogen-bond acceptors (Lipinski definition) is 4. The van der Waals surface area contributed by atoms with E-state index in [9.17, 15) is 0 Å². The number of rotatable bonds is 6. The van der Waals surface area contributed by atoms with Crippen LogP contribution in [-0.4, -0.2) is 21.5 Å². The van der Waals surface area contributed by atoms with Gasteiger partial charge >= 0.3 is 0 Å². The molecule has 0 saturated carbocycles. The zero-order valence-corrected chi connectivity index (χ0v) is 14.2. The summed E-state index contributed by atoms with van der Waals surface area (Å²) in [6, 6.07) is 6.04. The third kappa shape index (κ3) is 4.75. The maximum atomic E-state index is 5.63. The van der Waals surface area contributed by atoms with Crippen molar-refractivity contribution in [3.05, 3.63) is 52.4 Å². The number of anilines is 1. The van der Waals surface area contributed by atoms with Crippen LogP contribution in [0.5, 0.6) is 0 Å². The molecule has 0 aliphatic rings. The van der Waals surface area contributed by atoms with Crippen molar-refractivity contribution >= 4 is 39.0 Å². The number of aryl methyl sites for hydroxylation is 1. The second-order valence-electron chi connectivity index (χ2n) is 4.79. The lowest BCUT2D eigenvalue weighted by Gasteiger charge is -2.24. The molecule has 0 fully saturated rings. The molecule has 2 aromatic heterocycles. The molecule has 2 rings (SSSR count). The Kier molecular flexibility index (Phi) is 5.64. The lowest BCUT2D eigenvalue weighted by molar-refractivity contribution is 0.787. The van der Waals surface area contributed by atoms with Gasteiger partial charge in [0.2, 0.25) is 0 Å². The summed E-state index contributed by atoms with van der Waals surface area (Å²) >= 11 is 8.46. The Hall–Kier alpha value is -1.53. The van der Waals surface area contributed by atoms with Crippen molar-refractivity contribution in [1.29, 1.82) is 0 Å². The van der Waals surface area contributed by atoms with E-state index >= 15 is 0 Å². The van der Waals surface area contributed by atoms with Crippen LogP contribution in [0.25, 0.3) is 0 Å². The van der Waals surface area contributed by atoms with Gasteiger partial charge in [0.1, 0.15) is 5.82 Å². The predicted octanol–water partition coefficient (Wildman–Crippen LogP) is 3.23. The summed E-state index contributed by atoms with van der Waals surface area (Å²) in [5.74, 6) is 0.913. The topological polar surface area (TPSA) is 55.0 Å². The molecule has 2 N–H and O–H groups in total. The molecular formula is C15H17BrN4S. The molecule has 6 heteroatoms. The number of nitrogens with two attached hydrogens (primary N) is 1. The van der Waals surface area contributed by atoms with Crippen molar-refractivity contribution in [3.63, 3.8) is 0 Å². The zero-order valence-electron chi connectivity index (χ0n) is 11.8. The van der Waals surface area contributed by atoms with Gasteiger partial charge in [-0.25, -0.2) is 4.98 Å². The first-order chi connectivity index (χ1) is 10.1. The second-order valence-corrected chi connectivity index (χ2v) is 6.17. The summed E-state index contributed by atoms with van der Waals surface area (Å²) in [7, 11) is 0. The van der Waals surface area contributed by atoms with E-state index in [1.165, 1.54) is 0 Å². The van der Waals surface area contributed by atoms with E-state index in [0.29, 0.717) is 11.4 Å². The monoisotopic (exact) mass is 364 g/mol. The fraction of sp³-hybridized carbons (Fsp3) is 0.267. The van der Waals surface area contributed by atoms with E-state index in [1.54, 1.807) is 6.20 Å². The molecule has 0 atom stereocenters. The van der Waals surface area contributed by atoms with Gasteiger partial charge in [-0.05, 0) is 46.1 Å². The summed E-state index contributed by atoms with van der Waals surface area (Å²) < 4.78 is 1.00. The average molecular weight is 365 g/mol. The molecule has 0 spiro atoms. The van der Waals surface area contributed by atoms with Gasteiger partial charge < -0.3 is 10.6 Å². The van der Waals surface area contributed by atoms with Gasteiger partial charge in [0.25, 0.3) is 0 Å². The lowest BCUT2D eigenvalue weighted by Crippen LogP contribution is -2.28.